The van der Waals surface area contributed by atoms with Crippen molar-refractivity contribution < 1.29 is 4.74 Å². The van der Waals surface area contributed by atoms with Gasteiger partial charge in [-0.3, -0.25) is 4.40 Å². The zero-order chi connectivity index (χ0) is 12.4. The van der Waals surface area contributed by atoms with Gasteiger partial charge in [0.25, 0.3) is 0 Å². The van der Waals surface area contributed by atoms with Crippen molar-refractivity contribution in [2.24, 2.45) is 0 Å². The van der Waals surface area contributed by atoms with E-state index in [1.165, 1.54) is 0 Å². The highest BCUT2D eigenvalue weighted by Gasteiger charge is 2.04. The van der Waals surface area contributed by atoms with E-state index in [-0.39, 0.29) is 0 Å². The van der Waals surface area contributed by atoms with E-state index in [2.05, 4.69) is 10.3 Å². The number of rotatable bonds is 4. The second-order valence-corrected chi connectivity index (χ2v) is 4.75. The van der Waals surface area contributed by atoms with Crippen molar-refractivity contribution in [2.45, 2.75) is 6.54 Å². The predicted octanol–water partition coefficient (Wildman–Crippen LogP) is 3.02. The van der Waals surface area contributed by atoms with Crippen LogP contribution in [-0.2, 0) is 6.54 Å². The van der Waals surface area contributed by atoms with Crippen molar-refractivity contribution >= 4 is 22.0 Å². The number of anilines is 1. The molecule has 2 aromatic heterocycles. The number of nitrogens with zero attached hydrogens (tertiary/aromatic N) is 2. The summed E-state index contributed by atoms with van der Waals surface area (Å²) < 4.78 is 7.32. The van der Waals surface area contributed by atoms with E-state index in [1.807, 2.05) is 46.4 Å². The SMILES string of the molecule is COc1ccccc1NCc1cn2ccsc2n1. The number of methoxy groups -OCH3 is 1. The lowest BCUT2D eigenvalue weighted by Gasteiger charge is -2.09. The van der Waals surface area contributed by atoms with Gasteiger partial charge in [-0.2, -0.15) is 0 Å². The largest absolute Gasteiger partial charge is 0.495 e. The number of ether oxygens (including phenoxy) is 1. The lowest BCUT2D eigenvalue weighted by atomic mass is 10.3. The Hall–Kier alpha value is -2.01. The number of hydrogen-bond acceptors (Lipinski definition) is 4. The highest BCUT2D eigenvalue weighted by molar-refractivity contribution is 7.15. The van der Waals surface area contributed by atoms with Crippen molar-refractivity contribution in [3.63, 3.8) is 0 Å². The Balaban J connectivity index is 1.76. The van der Waals surface area contributed by atoms with Gasteiger partial charge in [-0.15, -0.1) is 11.3 Å². The molecule has 0 atom stereocenters. The molecule has 0 aliphatic carbocycles. The molecule has 3 rings (SSSR count). The van der Waals surface area contributed by atoms with Crippen LogP contribution in [0.3, 0.4) is 0 Å². The van der Waals surface area contributed by atoms with Crippen LogP contribution in [0.4, 0.5) is 5.69 Å². The van der Waals surface area contributed by atoms with Crippen molar-refractivity contribution in [2.75, 3.05) is 12.4 Å². The van der Waals surface area contributed by atoms with E-state index in [0.717, 1.165) is 22.1 Å². The Morgan fingerprint density at radius 3 is 3.11 bits per heavy atom. The van der Waals surface area contributed by atoms with E-state index >= 15 is 0 Å². The number of hydrogen-bond donors (Lipinski definition) is 1. The monoisotopic (exact) mass is 259 g/mol. The fourth-order valence-corrected chi connectivity index (χ4v) is 2.56. The third-order valence-electron chi connectivity index (χ3n) is 2.71. The molecule has 0 bridgehead atoms. The second-order valence-electron chi connectivity index (χ2n) is 3.88. The molecule has 18 heavy (non-hydrogen) atoms. The van der Waals surface area contributed by atoms with Crippen LogP contribution in [0.15, 0.2) is 42.0 Å². The summed E-state index contributed by atoms with van der Waals surface area (Å²) in [5, 5.41) is 5.36. The van der Waals surface area contributed by atoms with Crippen LogP contribution in [0.25, 0.3) is 4.96 Å². The zero-order valence-electron chi connectivity index (χ0n) is 9.96. The van der Waals surface area contributed by atoms with Crippen LogP contribution in [0.1, 0.15) is 5.69 Å². The third-order valence-corrected chi connectivity index (χ3v) is 3.48. The number of thiazole rings is 1. The van der Waals surface area contributed by atoms with Crippen LogP contribution in [-0.4, -0.2) is 16.5 Å². The molecule has 5 heteroatoms. The molecule has 1 N–H and O–H groups in total. The first kappa shape index (κ1) is 11.1. The molecular weight excluding hydrogens is 246 g/mol. The molecule has 4 nitrogen and oxygen atoms in total. The minimum absolute atomic E-state index is 0.689. The van der Waals surface area contributed by atoms with E-state index in [0.29, 0.717) is 6.54 Å². The third kappa shape index (κ3) is 2.04. The Kier molecular flexibility index (Phi) is 2.90. The molecule has 0 fully saturated rings. The van der Waals surface area contributed by atoms with Gasteiger partial charge in [-0.25, -0.2) is 4.98 Å². The van der Waals surface area contributed by atoms with Gasteiger partial charge < -0.3 is 10.1 Å². The number of para-hydroxylation sites is 2. The first-order valence-corrected chi connectivity index (χ1v) is 6.53. The Morgan fingerprint density at radius 2 is 2.28 bits per heavy atom. The van der Waals surface area contributed by atoms with Crippen molar-refractivity contribution in [1.29, 1.82) is 0 Å². The number of fused-ring (bicyclic) bond motifs is 1. The normalized spacial score (nSPS) is 10.7. The summed E-state index contributed by atoms with van der Waals surface area (Å²) in [6.07, 6.45) is 4.05. The number of nitrogens with one attached hydrogen (secondary N) is 1. The highest BCUT2D eigenvalue weighted by atomic mass is 32.1. The van der Waals surface area contributed by atoms with Gasteiger partial charge >= 0.3 is 0 Å². The zero-order valence-corrected chi connectivity index (χ0v) is 10.8. The molecule has 0 aliphatic heterocycles. The molecule has 0 radical (unpaired) electrons. The van der Waals surface area contributed by atoms with E-state index in [9.17, 15) is 0 Å². The molecule has 2 heterocycles. The van der Waals surface area contributed by atoms with E-state index in [4.69, 9.17) is 4.74 Å². The van der Waals surface area contributed by atoms with Crippen molar-refractivity contribution in [1.82, 2.24) is 9.38 Å². The van der Waals surface area contributed by atoms with Gasteiger partial charge in [0.15, 0.2) is 4.96 Å². The van der Waals surface area contributed by atoms with Crippen LogP contribution in [0, 0.1) is 0 Å². The number of imidazole rings is 1. The fraction of sp³-hybridized carbons (Fsp3) is 0.154. The van der Waals surface area contributed by atoms with Crippen LogP contribution in [0.2, 0.25) is 0 Å². The molecular formula is C13H13N3OS. The van der Waals surface area contributed by atoms with Gasteiger partial charge in [-0.05, 0) is 12.1 Å². The van der Waals surface area contributed by atoms with Crippen LogP contribution >= 0.6 is 11.3 Å². The molecule has 0 amide bonds. The fourth-order valence-electron chi connectivity index (χ4n) is 1.84. The van der Waals surface area contributed by atoms with E-state index in [1.54, 1.807) is 18.4 Å². The maximum Gasteiger partial charge on any atom is 0.193 e. The van der Waals surface area contributed by atoms with Crippen LogP contribution < -0.4 is 10.1 Å². The summed E-state index contributed by atoms with van der Waals surface area (Å²) in [7, 11) is 1.67. The average molecular weight is 259 g/mol. The summed E-state index contributed by atoms with van der Waals surface area (Å²) in [5.74, 6) is 0.846. The molecule has 3 aromatic rings. The van der Waals surface area contributed by atoms with Crippen LogP contribution in [0.5, 0.6) is 5.75 Å². The molecule has 0 unspecified atom stereocenters. The Morgan fingerprint density at radius 1 is 1.39 bits per heavy atom. The van der Waals surface area contributed by atoms with Gasteiger partial charge in [0.1, 0.15) is 5.75 Å². The maximum absolute atomic E-state index is 5.29. The maximum atomic E-state index is 5.29. The lowest BCUT2D eigenvalue weighted by Crippen LogP contribution is -2.01. The first-order valence-electron chi connectivity index (χ1n) is 5.65. The first-order chi connectivity index (χ1) is 8.86. The summed E-state index contributed by atoms with van der Waals surface area (Å²) >= 11 is 1.64. The predicted molar refractivity (Wildman–Crippen MR) is 73.4 cm³/mol. The number of benzene rings is 1. The molecule has 92 valence electrons. The molecule has 0 saturated heterocycles. The molecule has 0 saturated carbocycles. The summed E-state index contributed by atoms with van der Waals surface area (Å²) in [6, 6.07) is 7.87. The minimum atomic E-state index is 0.689. The van der Waals surface area contributed by atoms with E-state index < -0.39 is 0 Å². The van der Waals surface area contributed by atoms with Gasteiger partial charge in [-0.1, -0.05) is 12.1 Å². The standard InChI is InChI=1S/C13H13N3OS/c1-17-12-5-3-2-4-11(12)14-8-10-9-16-6-7-18-13(16)15-10/h2-7,9,14H,8H2,1H3. The van der Waals surface area contributed by atoms with Crippen molar-refractivity contribution in [3.8, 4) is 5.75 Å². The summed E-state index contributed by atoms with van der Waals surface area (Å²) in [4.78, 5) is 5.54. The van der Waals surface area contributed by atoms with Crippen molar-refractivity contribution in [3.05, 3.63) is 47.7 Å². The summed E-state index contributed by atoms with van der Waals surface area (Å²) in [6.45, 7) is 0.689. The lowest BCUT2D eigenvalue weighted by molar-refractivity contribution is 0.416. The smallest absolute Gasteiger partial charge is 0.193 e. The van der Waals surface area contributed by atoms with Gasteiger partial charge in [0.2, 0.25) is 0 Å². The number of aromatic nitrogens is 2. The molecule has 0 spiro atoms. The average Bonchev–Trinajstić information content (AvgIpc) is 2.97. The molecule has 0 aliphatic rings. The van der Waals surface area contributed by atoms with Gasteiger partial charge in [0, 0.05) is 17.8 Å². The second kappa shape index (κ2) is 4.70. The Labute approximate surface area is 109 Å². The minimum Gasteiger partial charge on any atom is -0.495 e. The topological polar surface area (TPSA) is 38.6 Å². The summed E-state index contributed by atoms with van der Waals surface area (Å²) in [5.41, 5.74) is 2.00. The van der Waals surface area contributed by atoms with Gasteiger partial charge in [0.05, 0.1) is 25.0 Å². The quantitative estimate of drug-likeness (QED) is 0.782. The molecule has 1 aromatic carbocycles. The Bertz CT molecular complexity index is 630. The highest BCUT2D eigenvalue weighted by Crippen LogP contribution is 2.23.